The van der Waals surface area contributed by atoms with Gasteiger partial charge in [0.25, 0.3) is 0 Å². The van der Waals surface area contributed by atoms with Crippen LogP contribution in [0.5, 0.6) is 5.75 Å². The number of aryl methyl sites for hydroxylation is 1. The molecule has 0 atom stereocenters. The lowest BCUT2D eigenvalue weighted by Gasteiger charge is -2.06. The Balaban J connectivity index is 2.39. The molecule has 1 aromatic carbocycles. The highest BCUT2D eigenvalue weighted by Crippen LogP contribution is 2.28. The standard InChI is InChI=1S/C14H15N3O/c1-10-4-5-12(14(8-10)18-3)17-11(2)13-9-15-6-7-16-13/h4-9H,1-3H3/b17-11-. The molecule has 4 heteroatoms. The molecule has 2 rings (SSSR count). The fourth-order valence-corrected chi connectivity index (χ4v) is 1.60. The number of hydrogen-bond acceptors (Lipinski definition) is 4. The predicted octanol–water partition coefficient (Wildman–Crippen LogP) is 2.93. The summed E-state index contributed by atoms with van der Waals surface area (Å²) in [5, 5.41) is 0. The summed E-state index contributed by atoms with van der Waals surface area (Å²) in [4.78, 5) is 12.8. The van der Waals surface area contributed by atoms with Gasteiger partial charge in [-0.3, -0.25) is 9.97 Å². The van der Waals surface area contributed by atoms with Gasteiger partial charge in [0, 0.05) is 12.4 Å². The molecule has 92 valence electrons. The lowest BCUT2D eigenvalue weighted by Crippen LogP contribution is -1.98. The second-order valence-corrected chi connectivity index (χ2v) is 3.96. The van der Waals surface area contributed by atoms with Crippen LogP contribution in [0.1, 0.15) is 18.2 Å². The van der Waals surface area contributed by atoms with E-state index in [9.17, 15) is 0 Å². The molecule has 18 heavy (non-hydrogen) atoms. The Labute approximate surface area is 106 Å². The van der Waals surface area contributed by atoms with Crippen LogP contribution in [0, 0.1) is 6.92 Å². The number of aliphatic imine (C=N–C) groups is 1. The highest BCUT2D eigenvalue weighted by molar-refractivity contribution is 5.98. The van der Waals surface area contributed by atoms with E-state index < -0.39 is 0 Å². The highest BCUT2D eigenvalue weighted by atomic mass is 16.5. The Bertz CT molecular complexity index is 565. The second kappa shape index (κ2) is 5.40. The summed E-state index contributed by atoms with van der Waals surface area (Å²) in [6.45, 7) is 3.93. The molecule has 0 spiro atoms. The predicted molar refractivity (Wildman–Crippen MR) is 71.6 cm³/mol. The van der Waals surface area contributed by atoms with Crippen molar-refractivity contribution in [1.82, 2.24) is 9.97 Å². The molecular weight excluding hydrogens is 226 g/mol. The molecule has 1 heterocycles. The van der Waals surface area contributed by atoms with Gasteiger partial charge in [-0.05, 0) is 31.5 Å². The summed E-state index contributed by atoms with van der Waals surface area (Å²) in [6, 6.07) is 5.90. The normalized spacial score (nSPS) is 11.4. The zero-order chi connectivity index (χ0) is 13.0. The van der Waals surface area contributed by atoms with Gasteiger partial charge in [-0.1, -0.05) is 6.07 Å². The average molecular weight is 241 g/mol. The van der Waals surface area contributed by atoms with Gasteiger partial charge in [0.05, 0.1) is 19.0 Å². The third-order valence-electron chi connectivity index (χ3n) is 2.56. The minimum Gasteiger partial charge on any atom is -0.494 e. The molecule has 0 N–H and O–H groups in total. The van der Waals surface area contributed by atoms with Crippen LogP contribution in [-0.4, -0.2) is 22.8 Å². The zero-order valence-corrected chi connectivity index (χ0v) is 10.7. The van der Waals surface area contributed by atoms with Crippen molar-refractivity contribution in [2.45, 2.75) is 13.8 Å². The van der Waals surface area contributed by atoms with E-state index in [0.717, 1.165) is 28.4 Å². The average Bonchev–Trinajstić information content (AvgIpc) is 2.41. The van der Waals surface area contributed by atoms with Crippen LogP contribution in [0.3, 0.4) is 0 Å². The van der Waals surface area contributed by atoms with E-state index in [-0.39, 0.29) is 0 Å². The quantitative estimate of drug-likeness (QED) is 0.776. The van der Waals surface area contributed by atoms with Crippen molar-refractivity contribution in [3.8, 4) is 5.75 Å². The first-order valence-corrected chi connectivity index (χ1v) is 5.67. The summed E-state index contributed by atoms with van der Waals surface area (Å²) in [5.74, 6) is 0.762. The monoisotopic (exact) mass is 241 g/mol. The fourth-order valence-electron chi connectivity index (χ4n) is 1.60. The van der Waals surface area contributed by atoms with Gasteiger partial charge in [-0.25, -0.2) is 4.99 Å². The lowest BCUT2D eigenvalue weighted by molar-refractivity contribution is 0.416. The van der Waals surface area contributed by atoms with Crippen LogP contribution < -0.4 is 4.74 Å². The van der Waals surface area contributed by atoms with Gasteiger partial charge < -0.3 is 4.74 Å². The summed E-state index contributed by atoms with van der Waals surface area (Å²) < 4.78 is 5.32. The second-order valence-electron chi connectivity index (χ2n) is 3.96. The Kier molecular flexibility index (Phi) is 3.67. The Morgan fingerprint density at radius 2 is 2.11 bits per heavy atom. The molecular formula is C14H15N3O. The number of ether oxygens (including phenoxy) is 1. The summed E-state index contributed by atoms with van der Waals surface area (Å²) in [6.07, 6.45) is 4.99. The van der Waals surface area contributed by atoms with E-state index in [4.69, 9.17) is 4.74 Å². The van der Waals surface area contributed by atoms with E-state index >= 15 is 0 Å². The SMILES string of the molecule is COc1cc(C)ccc1/N=C(/C)c1cnccn1. The van der Waals surface area contributed by atoms with Crippen molar-refractivity contribution >= 4 is 11.4 Å². The lowest BCUT2D eigenvalue weighted by atomic mass is 10.2. The maximum atomic E-state index is 5.32. The number of methoxy groups -OCH3 is 1. The number of benzene rings is 1. The third-order valence-corrected chi connectivity index (χ3v) is 2.56. The molecule has 0 bridgehead atoms. The molecule has 0 amide bonds. The van der Waals surface area contributed by atoms with Crippen LogP contribution in [0.25, 0.3) is 0 Å². The van der Waals surface area contributed by atoms with Gasteiger partial charge >= 0.3 is 0 Å². The minimum atomic E-state index is 0.762. The molecule has 0 aliphatic carbocycles. The largest absolute Gasteiger partial charge is 0.494 e. The Hall–Kier alpha value is -2.23. The summed E-state index contributed by atoms with van der Waals surface area (Å²) in [5.41, 5.74) is 3.51. The minimum absolute atomic E-state index is 0.762. The van der Waals surface area contributed by atoms with Gasteiger partial charge in [0.1, 0.15) is 17.1 Å². The van der Waals surface area contributed by atoms with Crippen LogP contribution in [0.15, 0.2) is 41.8 Å². The topological polar surface area (TPSA) is 47.4 Å². The van der Waals surface area contributed by atoms with Crippen molar-refractivity contribution in [1.29, 1.82) is 0 Å². The molecule has 4 nitrogen and oxygen atoms in total. The van der Waals surface area contributed by atoms with Gasteiger partial charge in [0.15, 0.2) is 0 Å². The number of aromatic nitrogens is 2. The van der Waals surface area contributed by atoms with Crippen molar-refractivity contribution in [2.24, 2.45) is 4.99 Å². The molecule has 2 aromatic rings. The van der Waals surface area contributed by atoms with Crippen LogP contribution in [0.2, 0.25) is 0 Å². The van der Waals surface area contributed by atoms with Crippen molar-refractivity contribution in [3.63, 3.8) is 0 Å². The maximum absolute atomic E-state index is 5.32. The van der Waals surface area contributed by atoms with Gasteiger partial charge in [-0.15, -0.1) is 0 Å². The van der Waals surface area contributed by atoms with E-state index in [1.807, 2.05) is 32.0 Å². The van der Waals surface area contributed by atoms with Crippen molar-refractivity contribution in [3.05, 3.63) is 48.0 Å². The maximum Gasteiger partial charge on any atom is 0.144 e. The van der Waals surface area contributed by atoms with Crippen LogP contribution in [0.4, 0.5) is 5.69 Å². The molecule has 0 fully saturated rings. The van der Waals surface area contributed by atoms with E-state index in [2.05, 4.69) is 15.0 Å². The number of rotatable bonds is 3. The van der Waals surface area contributed by atoms with Gasteiger partial charge in [0.2, 0.25) is 0 Å². The zero-order valence-electron chi connectivity index (χ0n) is 10.7. The molecule has 0 unspecified atom stereocenters. The Morgan fingerprint density at radius 3 is 2.78 bits per heavy atom. The van der Waals surface area contributed by atoms with E-state index in [1.54, 1.807) is 25.7 Å². The first-order valence-electron chi connectivity index (χ1n) is 5.67. The van der Waals surface area contributed by atoms with Crippen molar-refractivity contribution < 1.29 is 4.74 Å². The Morgan fingerprint density at radius 1 is 1.28 bits per heavy atom. The molecule has 0 aliphatic rings. The molecule has 0 radical (unpaired) electrons. The number of nitrogens with zero attached hydrogens (tertiary/aromatic N) is 3. The number of hydrogen-bond donors (Lipinski definition) is 0. The molecule has 1 aromatic heterocycles. The first-order chi connectivity index (χ1) is 8.70. The van der Waals surface area contributed by atoms with Gasteiger partial charge in [-0.2, -0.15) is 0 Å². The molecule has 0 saturated heterocycles. The third kappa shape index (κ3) is 2.71. The van der Waals surface area contributed by atoms with Crippen LogP contribution >= 0.6 is 0 Å². The van der Waals surface area contributed by atoms with E-state index in [0.29, 0.717) is 0 Å². The molecule has 0 saturated carbocycles. The molecule has 0 aliphatic heterocycles. The van der Waals surface area contributed by atoms with E-state index in [1.165, 1.54) is 0 Å². The summed E-state index contributed by atoms with van der Waals surface area (Å²) in [7, 11) is 1.64. The summed E-state index contributed by atoms with van der Waals surface area (Å²) >= 11 is 0. The smallest absolute Gasteiger partial charge is 0.144 e. The van der Waals surface area contributed by atoms with Crippen molar-refractivity contribution in [2.75, 3.05) is 7.11 Å². The van der Waals surface area contributed by atoms with Crippen LogP contribution in [-0.2, 0) is 0 Å². The first kappa shape index (κ1) is 12.2. The highest BCUT2D eigenvalue weighted by Gasteiger charge is 2.04. The fraction of sp³-hybridized carbons (Fsp3) is 0.214.